The van der Waals surface area contributed by atoms with Crippen LogP contribution in [0.3, 0.4) is 0 Å². The molecule has 166 valence electrons. The van der Waals surface area contributed by atoms with Crippen LogP contribution in [-0.2, 0) is 10.0 Å². The second-order valence-electron chi connectivity index (χ2n) is 8.46. The molecule has 3 rings (SSSR count). The van der Waals surface area contributed by atoms with E-state index in [1.54, 1.807) is 24.3 Å². The zero-order valence-corrected chi connectivity index (χ0v) is 19.3. The molecule has 1 aliphatic heterocycles. The smallest absolute Gasteiger partial charge is 0.257 e. The first kappa shape index (κ1) is 23.2. The van der Waals surface area contributed by atoms with E-state index in [1.165, 1.54) is 22.5 Å². The Morgan fingerprint density at radius 1 is 0.968 bits per heavy atom. The lowest BCUT2D eigenvalue weighted by atomic mass is 10.1. The number of nitrogens with one attached hydrogen (secondary N) is 2. The number of carbonyl (C=O) groups is 2. The van der Waals surface area contributed by atoms with Crippen molar-refractivity contribution < 1.29 is 18.0 Å². The van der Waals surface area contributed by atoms with Gasteiger partial charge in [0.25, 0.3) is 11.8 Å². The lowest BCUT2D eigenvalue weighted by Gasteiger charge is -2.21. The van der Waals surface area contributed by atoms with E-state index in [0.29, 0.717) is 24.3 Å². The molecule has 0 aromatic heterocycles. The van der Waals surface area contributed by atoms with Crippen LogP contribution in [0.5, 0.6) is 0 Å². The maximum absolute atomic E-state index is 13.0. The Morgan fingerprint density at radius 3 is 2.26 bits per heavy atom. The molecule has 0 unspecified atom stereocenters. The third-order valence-corrected chi connectivity index (χ3v) is 7.02. The van der Waals surface area contributed by atoms with Gasteiger partial charge in [-0.2, -0.15) is 4.31 Å². The summed E-state index contributed by atoms with van der Waals surface area (Å²) in [6.07, 6.45) is 1.63. The molecule has 0 atom stereocenters. The fourth-order valence-corrected chi connectivity index (χ4v) is 5.05. The predicted molar refractivity (Wildman–Crippen MR) is 121 cm³/mol. The molecule has 9 heteroatoms. The summed E-state index contributed by atoms with van der Waals surface area (Å²) >= 11 is 6.21. The van der Waals surface area contributed by atoms with Crippen LogP contribution in [-0.4, -0.2) is 43.2 Å². The van der Waals surface area contributed by atoms with Gasteiger partial charge < -0.3 is 10.6 Å². The van der Waals surface area contributed by atoms with Crippen molar-refractivity contribution in [2.45, 2.75) is 44.0 Å². The predicted octanol–water partition coefficient (Wildman–Crippen LogP) is 3.91. The Morgan fingerprint density at radius 2 is 1.61 bits per heavy atom. The lowest BCUT2D eigenvalue weighted by Crippen LogP contribution is -2.40. The molecule has 1 saturated heterocycles. The highest BCUT2D eigenvalue weighted by molar-refractivity contribution is 7.89. The van der Waals surface area contributed by atoms with Gasteiger partial charge in [0.15, 0.2) is 0 Å². The lowest BCUT2D eigenvalue weighted by molar-refractivity contribution is 0.0920. The number of para-hydroxylation sites is 1. The van der Waals surface area contributed by atoms with Crippen LogP contribution in [0, 0.1) is 0 Å². The van der Waals surface area contributed by atoms with Crippen molar-refractivity contribution >= 4 is 39.1 Å². The fraction of sp³-hybridized carbons (Fsp3) is 0.364. The molecular weight excluding hydrogens is 438 g/mol. The van der Waals surface area contributed by atoms with E-state index in [2.05, 4.69) is 10.6 Å². The summed E-state index contributed by atoms with van der Waals surface area (Å²) in [7, 11) is -3.70. The summed E-state index contributed by atoms with van der Waals surface area (Å²) < 4.78 is 27.1. The van der Waals surface area contributed by atoms with Crippen LogP contribution >= 0.6 is 11.6 Å². The van der Waals surface area contributed by atoms with Crippen molar-refractivity contribution in [3.05, 3.63) is 58.6 Å². The molecule has 7 nitrogen and oxygen atoms in total. The molecular formula is C22H26ClN3O4S. The number of rotatable bonds is 5. The minimum atomic E-state index is -3.70. The molecule has 2 aromatic rings. The van der Waals surface area contributed by atoms with Crippen molar-refractivity contribution in [1.29, 1.82) is 0 Å². The van der Waals surface area contributed by atoms with E-state index in [-0.39, 0.29) is 21.4 Å². The summed E-state index contributed by atoms with van der Waals surface area (Å²) in [5, 5.41) is 5.67. The molecule has 31 heavy (non-hydrogen) atoms. The van der Waals surface area contributed by atoms with E-state index in [1.807, 2.05) is 20.8 Å². The third-order valence-electron chi connectivity index (χ3n) is 4.79. The number of hydrogen-bond acceptors (Lipinski definition) is 4. The van der Waals surface area contributed by atoms with Crippen LogP contribution < -0.4 is 10.6 Å². The minimum absolute atomic E-state index is 0.0164. The number of anilines is 1. The summed E-state index contributed by atoms with van der Waals surface area (Å²) in [6, 6.07) is 10.7. The maximum Gasteiger partial charge on any atom is 0.257 e. The Kier molecular flexibility index (Phi) is 6.73. The fourth-order valence-electron chi connectivity index (χ4n) is 3.30. The molecule has 2 amide bonds. The summed E-state index contributed by atoms with van der Waals surface area (Å²) in [6.45, 7) is 6.50. The molecule has 1 fully saturated rings. The highest BCUT2D eigenvalue weighted by atomic mass is 35.5. The SMILES string of the molecule is CC(C)(C)NC(=O)c1ccccc1NC(=O)c1cc(S(=O)(=O)N2CCCC2)ccc1Cl. The molecule has 1 heterocycles. The number of carbonyl (C=O) groups excluding carboxylic acids is 2. The molecule has 2 aromatic carbocycles. The zero-order chi connectivity index (χ0) is 22.8. The van der Waals surface area contributed by atoms with Gasteiger partial charge in [-0.3, -0.25) is 9.59 Å². The van der Waals surface area contributed by atoms with Gasteiger partial charge in [-0.1, -0.05) is 23.7 Å². The van der Waals surface area contributed by atoms with Gasteiger partial charge >= 0.3 is 0 Å². The average Bonchev–Trinajstić information content (AvgIpc) is 3.23. The quantitative estimate of drug-likeness (QED) is 0.702. The number of sulfonamides is 1. The summed E-state index contributed by atoms with van der Waals surface area (Å²) in [5.41, 5.74) is 0.171. The van der Waals surface area contributed by atoms with Crippen molar-refractivity contribution in [2.75, 3.05) is 18.4 Å². The largest absolute Gasteiger partial charge is 0.347 e. The number of hydrogen-bond donors (Lipinski definition) is 2. The molecule has 0 bridgehead atoms. The summed E-state index contributed by atoms with van der Waals surface area (Å²) in [4.78, 5) is 25.6. The molecule has 0 spiro atoms. The van der Waals surface area contributed by atoms with E-state index < -0.39 is 21.5 Å². The topological polar surface area (TPSA) is 95.6 Å². The van der Waals surface area contributed by atoms with Crippen molar-refractivity contribution in [3.63, 3.8) is 0 Å². The summed E-state index contributed by atoms with van der Waals surface area (Å²) in [5.74, 6) is -0.931. The number of benzene rings is 2. The Balaban J connectivity index is 1.89. The number of nitrogens with zero attached hydrogens (tertiary/aromatic N) is 1. The highest BCUT2D eigenvalue weighted by Gasteiger charge is 2.28. The zero-order valence-electron chi connectivity index (χ0n) is 17.7. The Labute approximate surface area is 187 Å². The number of amides is 2. The van der Waals surface area contributed by atoms with Crippen LogP contribution in [0.2, 0.25) is 5.02 Å². The van der Waals surface area contributed by atoms with Crippen molar-refractivity contribution in [1.82, 2.24) is 9.62 Å². The van der Waals surface area contributed by atoms with Crippen LogP contribution in [0.25, 0.3) is 0 Å². The monoisotopic (exact) mass is 463 g/mol. The standard InChI is InChI=1S/C22H26ClN3O4S/c1-22(2,3)25-21(28)16-8-4-5-9-19(16)24-20(27)17-14-15(10-11-18(17)23)31(29,30)26-12-6-7-13-26/h4-5,8-11,14H,6-7,12-13H2,1-3H3,(H,24,27)(H,25,28). The van der Waals surface area contributed by atoms with Gasteiger partial charge in [-0.05, 0) is 63.9 Å². The molecule has 2 N–H and O–H groups in total. The third kappa shape index (κ3) is 5.44. The van der Waals surface area contributed by atoms with Gasteiger partial charge in [-0.25, -0.2) is 8.42 Å². The van der Waals surface area contributed by atoms with Gasteiger partial charge in [0, 0.05) is 18.6 Å². The van der Waals surface area contributed by atoms with Gasteiger partial charge in [0.05, 0.1) is 26.7 Å². The first-order chi connectivity index (χ1) is 14.5. The highest BCUT2D eigenvalue weighted by Crippen LogP contribution is 2.26. The van der Waals surface area contributed by atoms with Gasteiger partial charge in [-0.15, -0.1) is 0 Å². The van der Waals surface area contributed by atoms with E-state index >= 15 is 0 Å². The molecule has 0 saturated carbocycles. The first-order valence-corrected chi connectivity index (χ1v) is 11.8. The second-order valence-corrected chi connectivity index (χ2v) is 10.8. The number of halogens is 1. The van der Waals surface area contributed by atoms with Gasteiger partial charge in [0.1, 0.15) is 0 Å². The van der Waals surface area contributed by atoms with E-state index in [9.17, 15) is 18.0 Å². The molecule has 0 radical (unpaired) electrons. The molecule has 0 aliphatic carbocycles. The Bertz CT molecular complexity index is 1100. The first-order valence-electron chi connectivity index (χ1n) is 10.0. The van der Waals surface area contributed by atoms with E-state index in [4.69, 9.17) is 11.6 Å². The van der Waals surface area contributed by atoms with Crippen molar-refractivity contribution in [2.24, 2.45) is 0 Å². The maximum atomic E-state index is 13.0. The van der Waals surface area contributed by atoms with E-state index in [0.717, 1.165) is 12.8 Å². The molecule has 1 aliphatic rings. The van der Waals surface area contributed by atoms with Gasteiger partial charge in [0.2, 0.25) is 10.0 Å². The normalized spacial score (nSPS) is 15.0. The van der Waals surface area contributed by atoms with Crippen LogP contribution in [0.1, 0.15) is 54.3 Å². The second kappa shape index (κ2) is 8.98. The minimum Gasteiger partial charge on any atom is -0.347 e. The van der Waals surface area contributed by atoms with Crippen molar-refractivity contribution in [3.8, 4) is 0 Å². The van der Waals surface area contributed by atoms with Crippen LogP contribution in [0.4, 0.5) is 5.69 Å². The Hall–Kier alpha value is -2.42. The average molecular weight is 464 g/mol. The van der Waals surface area contributed by atoms with Crippen LogP contribution in [0.15, 0.2) is 47.4 Å².